The lowest BCUT2D eigenvalue weighted by Gasteiger charge is -2.18. The summed E-state index contributed by atoms with van der Waals surface area (Å²) in [5, 5.41) is 2.54. The summed E-state index contributed by atoms with van der Waals surface area (Å²) < 4.78 is 71.8. The largest absolute Gasteiger partial charge is 0.497 e. The fourth-order valence-electron chi connectivity index (χ4n) is 2.26. The van der Waals surface area contributed by atoms with Gasteiger partial charge in [0.05, 0.1) is 13.7 Å². The molecule has 2 aromatic carbocycles. The fourth-order valence-corrected chi connectivity index (χ4v) is 2.26. The Hall–Kier alpha value is -2.68. The van der Waals surface area contributed by atoms with Crippen molar-refractivity contribution in [2.24, 2.45) is 0 Å². The van der Waals surface area contributed by atoms with Gasteiger partial charge in [-0.1, -0.05) is 6.07 Å². The molecule has 0 aliphatic heterocycles. The number of nitrogens with zero attached hydrogens (tertiary/aromatic N) is 1. The summed E-state index contributed by atoms with van der Waals surface area (Å²) in [6, 6.07) is 6.48. The van der Waals surface area contributed by atoms with E-state index in [0.29, 0.717) is 11.4 Å². The highest BCUT2D eigenvalue weighted by atomic mass is 19.2. The number of ether oxygens (including phenoxy) is 1. The second-order valence-electron chi connectivity index (χ2n) is 5.50. The smallest absolute Gasteiger partial charge is 0.238 e. The molecular formula is C17H15F5N2O2. The first-order valence-corrected chi connectivity index (χ1v) is 7.37. The molecule has 26 heavy (non-hydrogen) atoms. The number of likely N-dealkylation sites (N-methyl/N-ethyl adjacent to an activating group) is 1. The van der Waals surface area contributed by atoms with Gasteiger partial charge in [0.1, 0.15) is 5.75 Å². The summed E-state index contributed by atoms with van der Waals surface area (Å²) in [5.74, 6) is -10.1. The van der Waals surface area contributed by atoms with Crippen LogP contribution in [-0.2, 0) is 11.3 Å². The first kappa shape index (κ1) is 19.6. The number of carbonyl (C=O) groups excluding carboxylic acids is 1. The van der Waals surface area contributed by atoms with E-state index in [1.807, 2.05) is 0 Å². The van der Waals surface area contributed by atoms with E-state index in [4.69, 9.17) is 4.74 Å². The molecule has 0 aliphatic carbocycles. The first-order chi connectivity index (χ1) is 12.2. The van der Waals surface area contributed by atoms with Crippen molar-refractivity contribution in [3.63, 3.8) is 0 Å². The van der Waals surface area contributed by atoms with Crippen molar-refractivity contribution in [3.8, 4) is 5.75 Å². The van der Waals surface area contributed by atoms with Crippen LogP contribution < -0.4 is 10.1 Å². The predicted molar refractivity (Wildman–Crippen MR) is 84.2 cm³/mol. The van der Waals surface area contributed by atoms with Crippen LogP contribution in [0.5, 0.6) is 5.75 Å². The van der Waals surface area contributed by atoms with Crippen LogP contribution in [0.2, 0.25) is 0 Å². The minimum Gasteiger partial charge on any atom is -0.497 e. The predicted octanol–water partition coefficient (Wildman–Crippen LogP) is 3.46. The molecule has 140 valence electrons. The number of hydrogen-bond donors (Lipinski definition) is 1. The molecule has 0 spiro atoms. The van der Waals surface area contributed by atoms with E-state index in [-0.39, 0.29) is 6.54 Å². The molecule has 0 radical (unpaired) electrons. The summed E-state index contributed by atoms with van der Waals surface area (Å²) in [4.78, 5) is 13.1. The van der Waals surface area contributed by atoms with Gasteiger partial charge in [-0.15, -0.1) is 0 Å². The van der Waals surface area contributed by atoms with Crippen molar-refractivity contribution in [2.45, 2.75) is 6.54 Å². The van der Waals surface area contributed by atoms with Gasteiger partial charge in [-0.05, 0) is 19.2 Å². The van der Waals surface area contributed by atoms with E-state index in [0.717, 1.165) is 4.90 Å². The van der Waals surface area contributed by atoms with E-state index in [1.54, 1.807) is 24.3 Å². The van der Waals surface area contributed by atoms with E-state index < -0.39 is 47.1 Å². The van der Waals surface area contributed by atoms with Gasteiger partial charge < -0.3 is 10.1 Å². The molecule has 0 fully saturated rings. The summed E-state index contributed by atoms with van der Waals surface area (Å²) in [7, 11) is 2.77. The lowest BCUT2D eigenvalue weighted by atomic mass is 10.1. The molecule has 0 saturated heterocycles. The zero-order valence-electron chi connectivity index (χ0n) is 13.9. The van der Waals surface area contributed by atoms with E-state index in [9.17, 15) is 26.7 Å². The lowest BCUT2D eigenvalue weighted by Crippen LogP contribution is -2.30. The number of carbonyl (C=O) groups is 1. The minimum absolute atomic E-state index is 0.337. The summed E-state index contributed by atoms with van der Waals surface area (Å²) >= 11 is 0. The average molecular weight is 374 g/mol. The molecule has 0 heterocycles. The zero-order valence-corrected chi connectivity index (χ0v) is 13.9. The molecule has 0 saturated carbocycles. The summed E-state index contributed by atoms with van der Waals surface area (Å²) in [6.07, 6.45) is 0. The Morgan fingerprint density at radius 2 is 1.62 bits per heavy atom. The number of amides is 1. The molecule has 2 aromatic rings. The molecule has 2 rings (SSSR count). The summed E-state index contributed by atoms with van der Waals surface area (Å²) in [5.41, 5.74) is -0.572. The molecule has 0 unspecified atom stereocenters. The minimum atomic E-state index is -2.22. The standard InChI is InChI=1S/C17H15F5N2O2/c1-24(7-11-13(18)15(20)17(22)16(21)14(11)19)8-12(25)23-9-4-3-5-10(6-9)26-2/h3-6H,7-8H2,1-2H3,(H,23,25). The highest BCUT2D eigenvalue weighted by molar-refractivity contribution is 5.92. The topological polar surface area (TPSA) is 41.6 Å². The normalized spacial score (nSPS) is 10.9. The van der Waals surface area contributed by atoms with Gasteiger partial charge >= 0.3 is 0 Å². The van der Waals surface area contributed by atoms with E-state index in [2.05, 4.69) is 5.32 Å². The molecule has 1 amide bonds. The molecule has 0 aliphatic rings. The highest BCUT2D eigenvalue weighted by Gasteiger charge is 2.26. The first-order valence-electron chi connectivity index (χ1n) is 7.37. The average Bonchev–Trinajstić information content (AvgIpc) is 2.62. The van der Waals surface area contributed by atoms with Crippen molar-refractivity contribution < 1.29 is 31.5 Å². The monoisotopic (exact) mass is 374 g/mol. The van der Waals surface area contributed by atoms with Crippen molar-refractivity contribution in [2.75, 3.05) is 26.0 Å². The van der Waals surface area contributed by atoms with Crippen LogP contribution in [0.15, 0.2) is 24.3 Å². The maximum Gasteiger partial charge on any atom is 0.238 e. The van der Waals surface area contributed by atoms with Gasteiger partial charge in [0.15, 0.2) is 23.3 Å². The molecule has 4 nitrogen and oxygen atoms in total. The maximum atomic E-state index is 13.7. The van der Waals surface area contributed by atoms with Crippen LogP contribution in [0.1, 0.15) is 5.56 Å². The fraction of sp³-hybridized carbons (Fsp3) is 0.235. The van der Waals surface area contributed by atoms with Crippen LogP contribution in [0.4, 0.5) is 27.6 Å². The number of rotatable bonds is 6. The molecule has 0 bridgehead atoms. The van der Waals surface area contributed by atoms with Gasteiger partial charge in [0, 0.05) is 23.9 Å². The number of benzene rings is 2. The molecule has 9 heteroatoms. The quantitative estimate of drug-likeness (QED) is 0.478. The van der Waals surface area contributed by atoms with Gasteiger partial charge in [-0.3, -0.25) is 9.69 Å². The molecule has 1 N–H and O–H groups in total. The third kappa shape index (κ3) is 4.29. The Balaban J connectivity index is 2.07. The van der Waals surface area contributed by atoms with E-state index >= 15 is 0 Å². The van der Waals surface area contributed by atoms with Crippen LogP contribution >= 0.6 is 0 Å². The van der Waals surface area contributed by atoms with Gasteiger partial charge in [-0.2, -0.15) is 0 Å². The van der Waals surface area contributed by atoms with Gasteiger partial charge in [0.25, 0.3) is 0 Å². The SMILES string of the molecule is COc1cccc(NC(=O)CN(C)Cc2c(F)c(F)c(F)c(F)c2F)c1. The maximum absolute atomic E-state index is 13.7. The second-order valence-corrected chi connectivity index (χ2v) is 5.50. The van der Waals surface area contributed by atoms with Crippen LogP contribution in [0.3, 0.4) is 0 Å². The molecule has 0 aromatic heterocycles. The number of anilines is 1. The van der Waals surface area contributed by atoms with Crippen molar-refractivity contribution in [3.05, 3.63) is 58.9 Å². The Labute approximate surface area is 146 Å². The Morgan fingerprint density at radius 3 is 2.19 bits per heavy atom. The third-order valence-corrected chi connectivity index (χ3v) is 3.50. The summed E-state index contributed by atoms with van der Waals surface area (Å²) in [6.45, 7) is -0.978. The van der Waals surface area contributed by atoms with Gasteiger partial charge in [-0.25, -0.2) is 22.0 Å². The van der Waals surface area contributed by atoms with Crippen molar-refractivity contribution in [1.29, 1.82) is 0 Å². The number of hydrogen-bond acceptors (Lipinski definition) is 3. The highest BCUT2D eigenvalue weighted by Crippen LogP contribution is 2.24. The van der Waals surface area contributed by atoms with Gasteiger partial charge in [0.2, 0.25) is 11.7 Å². The molecule has 0 atom stereocenters. The van der Waals surface area contributed by atoms with Crippen molar-refractivity contribution in [1.82, 2.24) is 4.90 Å². The Morgan fingerprint density at radius 1 is 1.04 bits per heavy atom. The second kappa shape index (κ2) is 8.13. The van der Waals surface area contributed by atoms with Crippen LogP contribution in [-0.4, -0.2) is 31.5 Å². The molecular weight excluding hydrogens is 359 g/mol. The van der Waals surface area contributed by atoms with E-state index in [1.165, 1.54) is 14.2 Å². The lowest BCUT2D eigenvalue weighted by molar-refractivity contribution is -0.117. The van der Waals surface area contributed by atoms with Crippen molar-refractivity contribution >= 4 is 11.6 Å². The number of halogens is 5. The zero-order chi connectivity index (χ0) is 19.4. The Bertz CT molecular complexity index is 800. The third-order valence-electron chi connectivity index (χ3n) is 3.50. The number of nitrogens with one attached hydrogen (secondary N) is 1. The van der Waals surface area contributed by atoms with Crippen LogP contribution in [0.25, 0.3) is 0 Å². The Kier molecular flexibility index (Phi) is 6.14. The van der Waals surface area contributed by atoms with Crippen LogP contribution in [0, 0.1) is 29.1 Å². The number of methoxy groups -OCH3 is 1.